The molecule has 0 radical (unpaired) electrons. The second-order valence-corrected chi connectivity index (χ2v) is 4.81. The molecule has 1 amide bonds. The van der Waals surface area contributed by atoms with E-state index in [1.165, 1.54) is 0 Å². The first-order valence-electron chi connectivity index (χ1n) is 5.98. The number of halogens is 2. The quantitative estimate of drug-likeness (QED) is 0.878. The maximum atomic E-state index is 12.0. The van der Waals surface area contributed by atoms with E-state index >= 15 is 0 Å². The van der Waals surface area contributed by atoms with Crippen molar-refractivity contribution in [3.63, 3.8) is 0 Å². The molecule has 1 heterocycles. The van der Waals surface area contributed by atoms with E-state index in [0.29, 0.717) is 5.02 Å². The Balaban J connectivity index is 0.00000162. The van der Waals surface area contributed by atoms with Crippen molar-refractivity contribution in [2.75, 3.05) is 11.9 Å². The van der Waals surface area contributed by atoms with Gasteiger partial charge in [0.25, 0.3) is 0 Å². The number of carbonyl (C=O) groups is 1. The van der Waals surface area contributed by atoms with E-state index in [9.17, 15) is 4.79 Å². The molecule has 0 aromatic heterocycles. The maximum absolute atomic E-state index is 12.0. The van der Waals surface area contributed by atoms with Gasteiger partial charge in [0.15, 0.2) is 0 Å². The molecule has 0 aliphatic carbocycles. The van der Waals surface area contributed by atoms with Gasteiger partial charge in [-0.3, -0.25) is 4.79 Å². The van der Waals surface area contributed by atoms with Crippen LogP contribution in [-0.4, -0.2) is 18.5 Å². The van der Waals surface area contributed by atoms with Crippen LogP contribution in [0.5, 0.6) is 0 Å². The molecule has 1 atom stereocenters. The Morgan fingerprint density at radius 3 is 2.89 bits per heavy atom. The molecule has 1 aliphatic heterocycles. The van der Waals surface area contributed by atoms with Crippen LogP contribution in [0.15, 0.2) is 18.2 Å². The Bertz CT molecular complexity index is 417. The van der Waals surface area contributed by atoms with Crippen LogP contribution in [0.3, 0.4) is 0 Å². The maximum Gasteiger partial charge on any atom is 0.241 e. The third kappa shape index (κ3) is 3.61. The lowest BCUT2D eigenvalue weighted by molar-refractivity contribution is -0.118. The third-order valence-electron chi connectivity index (χ3n) is 3.15. The van der Waals surface area contributed by atoms with Crippen molar-refractivity contribution < 1.29 is 4.79 Å². The first kappa shape index (κ1) is 15.3. The number of anilines is 1. The molecule has 3 nitrogen and oxygen atoms in total. The highest BCUT2D eigenvalue weighted by molar-refractivity contribution is 6.31. The van der Waals surface area contributed by atoms with E-state index in [1.807, 2.05) is 25.1 Å². The van der Waals surface area contributed by atoms with Crippen LogP contribution in [0.2, 0.25) is 5.02 Å². The number of hydrogen-bond donors (Lipinski definition) is 2. The summed E-state index contributed by atoms with van der Waals surface area (Å²) in [6.07, 6.45) is 3.17. The number of hydrogen-bond acceptors (Lipinski definition) is 2. The standard InChI is InChI=1S/C13H17ClN2O.ClH/c1-9-10(14)5-4-7-11(9)16-13(17)12-6-2-3-8-15-12;/h4-5,7,12,15H,2-3,6,8H2,1H3,(H,16,17);1H/t12-;/m0./s1. The van der Waals surface area contributed by atoms with Gasteiger partial charge in [-0.05, 0) is 44.0 Å². The molecule has 0 saturated carbocycles. The van der Waals surface area contributed by atoms with E-state index in [1.54, 1.807) is 0 Å². The summed E-state index contributed by atoms with van der Waals surface area (Å²) in [5.41, 5.74) is 1.72. The number of benzene rings is 1. The first-order valence-corrected chi connectivity index (χ1v) is 6.35. The summed E-state index contributed by atoms with van der Waals surface area (Å²) in [6, 6.07) is 5.48. The molecular weight excluding hydrogens is 271 g/mol. The van der Waals surface area contributed by atoms with Crippen LogP contribution < -0.4 is 10.6 Å². The first-order chi connectivity index (χ1) is 8.18. The zero-order valence-electron chi connectivity index (χ0n) is 10.3. The average molecular weight is 289 g/mol. The second kappa shape index (κ2) is 6.98. The fourth-order valence-electron chi connectivity index (χ4n) is 2.04. The van der Waals surface area contributed by atoms with Gasteiger partial charge in [-0.25, -0.2) is 0 Å². The highest BCUT2D eigenvalue weighted by Gasteiger charge is 2.20. The molecule has 1 saturated heterocycles. The summed E-state index contributed by atoms with van der Waals surface area (Å²) in [7, 11) is 0. The van der Waals surface area contributed by atoms with Gasteiger partial charge in [0.2, 0.25) is 5.91 Å². The van der Waals surface area contributed by atoms with Gasteiger partial charge >= 0.3 is 0 Å². The van der Waals surface area contributed by atoms with Crippen molar-refractivity contribution in [2.45, 2.75) is 32.2 Å². The molecule has 100 valence electrons. The Labute approximate surface area is 119 Å². The summed E-state index contributed by atoms with van der Waals surface area (Å²) in [4.78, 5) is 12.0. The van der Waals surface area contributed by atoms with Crippen molar-refractivity contribution in [1.82, 2.24) is 5.32 Å². The molecule has 2 N–H and O–H groups in total. The highest BCUT2D eigenvalue weighted by Crippen LogP contribution is 2.23. The van der Waals surface area contributed by atoms with E-state index in [2.05, 4.69) is 10.6 Å². The van der Waals surface area contributed by atoms with Crippen molar-refractivity contribution in [3.8, 4) is 0 Å². The fraction of sp³-hybridized carbons (Fsp3) is 0.462. The topological polar surface area (TPSA) is 41.1 Å². The summed E-state index contributed by atoms with van der Waals surface area (Å²) < 4.78 is 0. The Morgan fingerprint density at radius 2 is 2.22 bits per heavy atom. The number of carbonyl (C=O) groups excluding carboxylic acids is 1. The minimum absolute atomic E-state index is 0. The second-order valence-electron chi connectivity index (χ2n) is 4.40. The Hall–Kier alpha value is -0.770. The predicted molar refractivity (Wildman–Crippen MR) is 77.7 cm³/mol. The average Bonchev–Trinajstić information content (AvgIpc) is 2.36. The molecule has 0 bridgehead atoms. The minimum Gasteiger partial charge on any atom is -0.324 e. The fourth-order valence-corrected chi connectivity index (χ4v) is 2.21. The number of rotatable bonds is 2. The molecule has 1 aliphatic rings. The van der Waals surface area contributed by atoms with Crippen molar-refractivity contribution in [3.05, 3.63) is 28.8 Å². The van der Waals surface area contributed by atoms with Crippen LogP contribution in [0, 0.1) is 6.92 Å². The van der Waals surface area contributed by atoms with Crippen LogP contribution >= 0.6 is 24.0 Å². The molecular formula is C13H18Cl2N2O. The molecule has 0 unspecified atom stereocenters. The summed E-state index contributed by atoms with van der Waals surface area (Å²) in [5, 5.41) is 6.84. The molecule has 1 aromatic carbocycles. The van der Waals surface area contributed by atoms with E-state index in [4.69, 9.17) is 11.6 Å². The van der Waals surface area contributed by atoms with Gasteiger partial charge in [0, 0.05) is 10.7 Å². The van der Waals surface area contributed by atoms with Crippen molar-refractivity contribution in [1.29, 1.82) is 0 Å². The Kier molecular flexibility index (Phi) is 5.93. The van der Waals surface area contributed by atoms with E-state index in [-0.39, 0.29) is 24.4 Å². The number of nitrogens with one attached hydrogen (secondary N) is 2. The summed E-state index contributed by atoms with van der Waals surface area (Å²) in [5.74, 6) is 0.0371. The summed E-state index contributed by atoms with van der Waals surface area (Å²) >= 11 is 6.02. The zero-order valence-corrected chi connectivity index (χ0v) is 11.9. The number of piperidine rings is 1. The molecule has 0 spiro atoms. The molecule has 5 heteroatoms. The largest absolute Gasteiger partial charge is 0.324 e. The molecule has 2 rings (SSSR count). The van der Waals surface area contributed by atoms with Crippen molar-refractivity contribution in [2.24, 2.45) is 0 Å². The van der Waals surface area contributed by atoms with Gasteiger partial charge in [0.05, 0.1) is 6.04 Å². The van der Waals surface area contributed by atoms with Crippen LogP contribution in [0.4, 0.5) is 5.69 Å². The van der Waals surface area contributed by atoms with Crippen LogP contribution in [0.1, 0.15) is 24.8 Å². The highest BCUT2D eigenvalue weighted by atomic mass is 35.5. The predicted octanol–water partition coefficient (Wildman–Crippen LogP) is 3.15. The lowest BCUT2D eigenvalue weighted by Crippen LogP contribution is -2.43. The normalized spacial score (nSPS) is 18.9. The zero-order chi connectivity index (χ0) is 12.3. The van der Waals surface area contributed by atoms with Gasteiger partial charge in [-0.1, -0.05) is 24.1 Å². The molecule has 1 fully saturated rings. The van der Waals surface area contributed by atoms with Gasteiger partial charge in [-0.2, -0.15) is 0 Å². The number of amides is 1. The lowest BCUT2D eigenvalue weighted by atomic mass is 10.0. The lowest BCUT2D eigenvalue weighted by Gasteiger charge is -2.23. The van der Waals surface area contributed by atoms with Gasteiger partial charge in [-0.15, -0.1) is 12.4 Å². The molecule has 18 heavy (non-hydrogen) atoms. The smallest absolute Gasteiger partial charge is 0.241 e. The minimum atomic E-state index is -0.0675. The van der Waals surface area contributed by atoms with Crippen molar-refractivity contribution >= 4 is 35.6 Å². The molecule has 1 aromatic rings. The monoisotopic (exact) mass is 288 g/mol. The third-order valence-corrected chi connectivity index (χ3v) is 3.56. The van der Waals surface area contributed by atoms with Crippen LogP contribution in [-0.2, 0) is 4.79 Å². The SMILES string of the molecule is Cc1c(Cl)cccc1NC(=O)[C@@H]1CCCCN1.Cl. The summed E-state index contributed by atoms with van der Waals surface area (Å²) in [6.45, 7) is 2.83. The Morgan fingerprint density at radius 1 is 1.44 bits per heavy atom. The van der Waals surface area contributed by atoms with E-state index in [0.717, 1.165) is 37.1 Å². The van der Waals surface area contributed by atoms with Gasteiger partial charge < -0.3 is 10.6 Å². The van der Waals surface area contributed by atoms with Gasteiger partial charge in [0.1, 0.15) is 0 Å². The van der Waals surface area contributed by atoms with E-state index < -0.39 is 0 Å². The van der Waals surface area contributed by atoms with Crippen LogP contribution in [0.25, 0.3) is 0 Å².